The third-order valence-electron chi connectivity index (χ3n) is 3.68. The van der Waals surface area contributed by atoms with Gasteiger partial charge in [0.25, 0.3) is 0 Å². The minimum atomic E-state index is -0.927. The highest BCUT2D eigenvalue weighted by atomic mass is 16.1. The Bertz CT molecular complexity index is 442. The Hall–Kier alpha value is -1.62. The molecule has 0 spiro atoms. The fraction of sp³-hybridized carbons (Fsp3) is 0.467. The van der Waals surface area contributed by atoms with Crippen LogP contribution < -0.4 is 0 Å². The van der Waals surface area contributed by atoms with Crippen LogP contribution in [0.25, 0.3) is 0 Å². The van der Waals surface area contributed by atoms with Gasteiger partial charge in [0.15, 0.2) is 5.78 Å². The zero-order valence-electron chi connectivity index (χ0n) is 10.1. The number of hydrogen-bond acceptors (Lipinski definition) is 2. The van der Waals surface area contributed by atoms with Crippen molar-refractivity contribution in [2.24, 2.45) is 5.92 Å². The van der Waals surface area contributed by atoms with E-state index in [9.17, 15) is 10.1 Å². The van der Waals surface area contributed by atoms with E-state index in [1.54, 1.807) is 0 Å². The Kier molecular flexibility index (Phi) is 3.28. The summed E-state index contributed by atoms with van der Waals surface area (Å²) in [6.45, 7) is 1.53. The van der Waals surface area contributed by atoms with Crippen LogP contribution in [0.15, 0.2) is 30.3 Å². The van der Waals surface area contributed by atoms with Crippen LogP contribution in [0.2, 0.25) is 0 Å². The molecule has 1 aliphatic carbocycles. The SMILES string of the molecule is CC(=O)C(C#N)(CCC1CC1)c1ccccc1. The number of hydrogen-bond donors (Lipinski definition) is 0. The lowest BCUT2D eigenvalue weighted by molar-refractivity contribution is -0.120. The highest BCUT2D eigenvalue weighted by Crippen LogP contribution is 2.39. The van der Waals surface area contributed by atoms with Gasteiger partial charge in [0.05, 0.1) is 6.07 Å². The van der Waals surface area contributed by atoms with E-state index >= 15 is 0 Å². The van der Waals surface area contributed by atoms with Crippen LogP contribution in [-0.4, -0.2) is 5.78 Å². The number of carbonyl (C=O) groups excluding carboxylic acids is 1. The van der Waals surface area contributed by atoms with Gasteiger partial charge in [-0.1, -0.05) is 43.2 Å². The summed E-state index contributed by atoms with van der Waals surface area (Å²) in [4.78, 5) is 11.9. The summed E-state index contributed by atoms with van der Waals surface area (Å²) in [7, 11) is 0. The molecule has 1 atom stereocenters. The van der Waals surface area contributed by atoms with Crippen LogP contribution in [-0.2, 0) is 10.2 Å². The van der Waals surface area contributed by atoms with E-state index < -0.39 is 5.41 Å². The van der Waals surface area contributed by atoms with Crippen molar-refractivity contribution < 1.29 is 4.79 Å². The molecule has 0 aliphatic heterocycles. The summed E-state index contributed by atoms with van der Waals surface area (Å²) < 4.78 is 0. The van der Waals surface area contributed by atoms with Crippen LogP contribution in [0.1, 0.15) is 38.2 Å². The Morgan fingerprint density at radius 3 is 2.53 bits per heavy atom. The zero-order chi connectivity index (χ0) is 12.3. The number of nitrogens with zero attached hydrogens (tertiary/aromatic N) is 1. The molecule has 0 saturated heterocycles. The number of carbonyl (C=O) groups is 1. The minimum Gasteiger partial charge on any atom is -0.298 e. The zero-order valence-corrected chi connectivity index (χ0v) is 10.1. The van der Waals surface area contributed by atoms with E-state index in [1.165, 1.54) is 19.8 Å². The smallest absolute Gasteiger partial charge is 0.154 e. The van der Waals surface area contributed by atoms with Gasteiger partial charge < -0.3 is 0 Å². The third kappa shape index (κ3) is 2.39. The molecule has 0 amide bonds. The van der Waals surface area contributed by atoms with Crippen LogP contribution in [0, 0.1) is 17.2 Å². The quantitative estimate of drug-likeness (QED) is 0.774. The first-order chi connectivity index (χ1) is 8.19. The summed E-state index contributed by atoms with van der Waals surface area (Å²) in [5.74, 6) is 0.706. The van der Waals surface area contributed by atoms with Crippen LogP contribution in [0.5, 0.6) is 0 Å². The first-order valence-corrected chi connectivity index (χ1v) is 6.17. The molecule has 17 heavy (non-hydrogen) atoms. The molecule has 1 unspecified atom stereocenters. The lowest BCUT2D eigenvalue weighted by atomic mass is 9.74. The largest absolute Gasteiger partial charge is 0.298 e. The standard InChI is InChI=1S/C15H17NO/c1-12(17)15(11-16,10-9-13-7-8-13)14-5-3-2-4-6-14/h2-6,13H,7-10H2,1H3. The van der Waals surface area contributed by atoms with Gasteiger partial charge in [-0.15, -0.1) is 0 Å². The molecule has 0 aromatic heterocycles. The molecule has 1 aromatic rings. The maximum absolute atomic E-state index is 11.9. The van der Waals surface area contributed by atoms with Gasteiger partial charge >= 0.3 is 0 Å². The van der Waals surface area contributed by atoms with Crippen molar-refractivity contribution in [1.29, 1.82) is 5.26 Å². The van der Waals surface area contributed by atoms with Crippen molar-refractivity contribution in [3.05, 3.63) is 35.9 Å². The van der Waals surface area contributed by atoms with Gasteiger partial charge in [0.2, 0.25) is 0 Å². The molecule has 0 bridgehead atoms. The molecular formula is C15H17NO. The molecule has 0 heterocycles. The maximum atomic E-state index is 11.9. The van der Waals surface area contributed by atoms with Gasteiger partial charge in [0.1, 0.15) is 5.41 Å². The van der Waals surface area contributed by atoms with Crippen molar-refractivity contribution in [1.82, 2.24) is 0 Å². The van der Waals surface area contributed by atoms with Crippen molar-refractivity contribution in [2.75, 3.05) is 0 Å². The van der Waals surface area contributed by atoms with E-state index in [-0.39, 0.29) is 5.78 Å². The molecule has 2 rings (SSSR count). The predicted octanol–water partition coefficient (Wildman–Crippen LogP) is 3.23. The van der Waals surface area contributed by atoms with E-state index in [4.69, 9.17) is 0 Å². The molecule has 0 radical (unpaired) electrons. The van der Waals surface area contributed by atoms with Gasteiger partial charge in [-0.25, -0.2) is 0 Å². The lowest BCUT2D eigenvalue weighted by Gasteiger charge is -2.24. The van der Waals surface area contributed by atoms with Crippen LogP contribution in [0.4, 0.5) is 0 Å². The number of rotatable bonds is 5. The molecule has 2 heteroatoms. The molecule has 1 aromatic carbocycles. The van der Waals surface area contributed by atoms with E-state index in [2.05, 4.69) is 6.07 Å². The predicted molar refractivity (Wildman–Crippen MR) is 66.4 cm³/mol. The summed E-state index contributed by atoms with van der Waals surface area (Å²) in [6, 6.07) is 11.7. The van der Waals surface area contributed by atoms with E-state index in [0.717, 1.165) is 17.9 Å². The molecule has 88 valence electrons. The lowest BCUT2D eigenvalue weighted by Crippen LogP contribution is -2.32. The Morgan fingerprint density at radius 2 is 2.06 bits per heavy atom. The van der Waals surface area contributed by atoms with Crippen molar-refractivity contribution >= 4 is 5.78 Å². The average Bonchev–Trinajstić information content (AvgIpc) is 3.15. The van der Waals surface area contributed by atoms with Crippen molar-refractivity contribution in [2.45, 2.75) is 38.0 Å². The van der Waals surface area contributed by atoms with Gasteiger partial charge in [-0.05, 0) is 31.2 Å². The average molecular weight is 227 g/mol. The topological polar surface area (TPSA) is 40.9 Å². The number of ketones is 1. The summed E-state index contributed by atoms with van der Waals surface area (Å²) >= 11 is 0. The Balaban J connectivity index is 2.28. The second-order valence-electron chi connectivity index (χ2n) is 4.92. The first kappa shape index (κ1) is 11.9. The van der Waals surface area contributed by atoms with Crippen molar-refractivity contribution in [3.8, 4) is 6.07 Å². The second kappa shape index (κ2) is 4.71. The van der Waals surface area contributed by atoms with Gasteiger partial charge in [-0.3, -0.25) is 4.79 Å². The summed E-state index contributed by atoms with van der Waals surface area (Å²) in [5, 5.41) is 9.46. The molecule has 2 nitrogen and oxygen atoms in total. The van der Waals surface area contributed by atoms with Gasteiger partial charge in [-0.2, -0.15) is 5.26 Å². The third-order valence-corrected chi connectivity index (χ3v) is 3.68. The fourth-order valence-corrected chi connectivity index (χ4v) is 2.27. The number of nitriles is 1. The highest BCUT2D eigenvalue weighted by Gasteiger charge is 2.38. The molecular weight excluding hydrogens is 210 g/mol. The molecule has 1 fully saturated rings. The maximum Gasteiger partial charge on any atom is 0.154 e. The van der Waals surface area contributed by atoms with Crippen LogP contribution in [0.3, 0.4) is 0 Å². The summed E-state index contributed by atoms with van der Waals surface area (Å²) in [6.07, 6.45) is 4.16. The second-order valence-corrected chi connectivity index (χ2v) is 4.92. The number of Topliss-reactive ketones (excluding diaryl/α,β-unsaturated/α-hetero) is 1. The normalized spacial score (nSPS) is 18.1. The molecule has 0 N–H and O–H groups in total. The molecule has 1 aliphatic rings. The monoisotopic (exact) mass is 227 g/mol. The molecule has 1 saturated carbocycles. The summed E-state index contributed by atoms with van der Waals surface area (Å²) in [5.41, 5.74) is -0.0835. The van der Waals surface area contributed by atoms with Gasteiger partial charge in [0, 0.05) is 0 Å². The highest BCUT2D eigenvalue weighted by molar-refractivity contribution is 5.91. The Labute approximate surface area is 102 Å². The number of benzene rings is 1. The Morgan fingerprint density at radius 1 is 1.41 bits per heavy atom. The first-order valence-electron chi connectivity index (χ1n) is 6.17. The van der Waals surface area contributed by atoms with Crippen LogP contribution >= 0.6 is 0 Å². The van der Waals surface area contributed by atoms with E-state index in [0.29, 0.717) is 6.42 Å². The van der Waals surface area contributed by atoms with E-state index in [1.807, 2.05) is 30.3 Å². The fourth-order valence-electron chi connectivity index (χ4n) is 2.27. The van der Waals surface area contributed by atoms with Crippen molar-refractivity contribution in [3.63, 3.8) is 0 Å². The minimum absolute atomic E-state index is 0.0353.